The molecule has 1 heterocycles. The maximum absolute atomic E-state index is 12.0. The third kappa shape index (κ3) is 3.20. The van der Waals surface area contributed by atoms with Crippen molar-refractivity contribution < 1.29 is 26.5 Å². The van der Waals surface area contributed by atoms with Crippen LogP contribution in [0.1, 0.15) is 16.8 Å². The summed E-state index contributed by atoms with van der Waals surface area (Å²) < 4.78 is 5.09. The van der Waals surface area contributed by atoms with E-state index in [9.17, 15) is 4.79 Å². The van der Waals surface area contributed by atoms with Crippen LogP contribution in [0.4, 0.5) is 0 Å². The molecule has 1 radical (unpaired) electrons. The number of ketones is 1. The first-order valence-corrected chi connectivity index (χ1v) is 5.34. The van der Waals surface area contributed by atoms with Crippen LogP contribution in [0.5, 0.6) is 5.75 Å². The number of halogens is 1. The quantitative estimate of drug-likeness (QED) is 0.631. The summed E-state index contributed by atoms with van der Waals surface area (Å²) in [7, 11) is 3.46. The number of carbonyl (C=O) groups is 1. The third-order valence-corrected chi connectivity index (χ3v) is 2.63. The molecule has 0 unspecified atom stereocenters. The van der Waals surface area contributed by atoms with Gasteiger partial charge in [0.1, 0.15) is 18.4 Å². The maximum Gasteiger partial charge on any atom is 0.306 e. The highest BCUT2D eigenvalue weighted by atomic mass is 79.9. The summed E-state index contributed by atoms with van der Waals surface area (Å²) in [6.07, 6.45) is 3.82. The molecule has 2 rings (SSSR count). The zero-order chi connectivity index (χ0) is 12.3. The number of carbonyl (C=O) groups excluding carboxylic acids is 1. The van der Waals surface area contributed by atoms with Gasteiger partial charge in [0.05, 0.1) is 14.2 Å². The van der Waals surface area contributed by atoms with Crippen molar-refractivity contribution in [1.29, 1.82) is 0 Å². The lowest BCUT2D eigenvalue weighted by atomic mass is 10.1. The topological polar surface area (TPSA) is 43.6 Å². The molecular weight excluding hydrogens is 296 g/mol. The minimum Gasteiger partial charge on any atom is -1.00 e. The molecule has 1 aromatic rings. The molecule has 0 fully saturated rings. The zero-order valence-electron chi connectivity index (χ0n) is 10.3. The van der Waals surface area contributed by atoms with Crippen LogP contribution in [0.25, 0.3) is 0 Å². The van der Waals surface area contributed by atoms with E-state index < -0.39 is 0 Å². The van der Waals surface area contributed by atoms with E-state index in [0.717, 1.165) is 5.84 Å². The van der Waals surface area contributed by atoms with Crippen molar-refractivity contribution >= 4 is 11.6 Å². The van der Waals surface area contributed by atoms with Gasteiger partial charge in [-0.1, -0.05) is 17.1 Å². The molecule has 0 spiro atoms. The minimum atomic E-state index is 0. The van der Waals surface area contributed by atoms with E-state index >= 15 is 0 Å². The molecule has 95 valence electrons. The summed E-state index contributed by atoms with van der Waals surface area (Å²) >= 11 is 0. The molecule has 0 saturated carbocycles. The van der Waals surface area contributed by atoms with Crippen LogP contribution < -0.4 is 26.7 Å². The lowest BCUT2D eigenvalue weighted by Gasteiger charge is -2.04. The highest BCUT2D eigenvalue weighted by Gasteiger charge is 2.23. The van der Waals surface area contributed by atoms with Crippen LogP contribution in [0, 0.1) is 0 Å². The van der Waals surface area contributed by atoms with Gasteiger partial charge in [-0.05, 0) is 12.1 Å². The Bertz CT molecular complexity index is 498. The fourth-order valence-electron chi connectivity index (χ4n) is 1.61. The number of benzene rings is 1. The van der Waals surface area contributed by atoms with Gasteiger partial charge in [0.25, 0.3) is 0 Å². The number of hydrogen-bond acceptors (Lipinski definition) is 4. The lowest BCUT2D eigenvalue weighted by molar-refractivity contribution is -0.0000119. The van der Waals surface area contributed by atoms with Gasteiger partial charge in [-0.15, -0.1) is 0 Å². The monoisotopic (exact) mass is 309 g/mol. The number of hydrogen-bond donors (Lipinski definition) is 0. The van der Waals surface area contributed by atoms with E-state index in [1.165, 1.54) is 0 Å². The summed E-state index contributed by atoms with van der Waals surface area (Å²) in [4.78, 5) is 18.0. The van der Waals surface area contributed by atoms with Crippen molar-refractivity contribution in [2.24, 2.45) is 0 Å². The second-order valence-corrected chi connectivity index (χ2v) is 3.79. The van der Waals surface area contributed by atoms with Crippen molar-refractivity contribution in [1.82, 2.24) is 9.89 Å². The Hall–Kier alpha value is -1.62. The Balaban J connectivity index is 0.00000162. The Morgan fingerprint density at radius 2 is 2.22 bits per heavy atom. The highest BCUT2D eigenvalue weighted by Crippen LogP contribution is 2.14. The average molecular weight is 310 g/mol. The van der Waals surface area contributed by atoms with Gasteiger partial charge in [-0.3, -0.25) is 4.79 Å². The first kappa shape index (κ1) is 14.4. The SMILES string of the molecule is COc1cccc(C(=O)CC2=[N+]C=CN2C)c1.[Br-]. The molecular formula is C13H14BrN2O2. The van der Waals surface area contributed by atoms with E-state index in [0.29, 0.717) is 17.7 Å². The Morgan fingerprint density at radius 1 is 1.44 bits per heavy atom. The number of ether oxygens (including phenoxy) is 1. The largest absolute Gasteiger partial charge is 1.00 e. The van der Waals surface area contributed by atoms with Crippen LogP contribution >= 0.6 is 0 Å². The van der Waals surface area contributed by atoms with Crippen molar-refractivity contribution in [3.05, 3.63) is 42.2 Å². The molecule has 18 heavy (non-hydrogen) atoms. The Morgan fingerprint density at radius 3 is 2.83 bits per heavy atom. The fourth-order valence-corrected chi connectivity index (χ4v) is 1.61. The Kier molecular flexibility index (Phi) is 5.09. The molecule has 0 amide bonds. The summed E-state index contributed by atoms with van der Waals surface area (Å²) in [5.41, 5.74) is 0.646. The smallest absolute Gasteiger partial charge is 0.306 e. The van der Waals surface area contributed by atoms with Crippen LogP contribution in [-0.2, 0) is 0 Å². The van der Waals surface area contributed by atoms with Gasteiger partial charge in [-0.2, -0.15) is 0 Å². The number of rotatable bonds is 4. The van der Waals surface area contributed by atoms with Crippen LogP contribution in [0.15, 0.2) is 36.7 Å². The second-order valence-electron chi connectivity index (χ2n) is 3.79. The van der Waals surface area contributed by atoms with Crippen molar-refractivity contribution in [3.63, 3.8) is 0 Å². The molecule has 0 aromatic heterocycles. The number of Topliss-reactive ketones (excluding diaryl/α,β-unsaturated/α-hetero) is 1. The van der Waals surface area contributed by atoms with E-state index in [1.54, 1.807) is 25.4 Å². The van der Waals surface area contributed by atoms with Gasteiger partial charge in [0, 0.05) is 5.56 Å². The summed E-state index contributed by atoms with van der Waals surface area (Å²) in [6.45, 7) is 0. The molecule has 4 nitrogen and oxygen atoms in total. The molecule has 1 aliphatic heterocycles. The average Bonchev–Trinajstić information content (AvgIpc) is 2.75. The van der Waals surface area contributed by atoms with Gasteiger partial charge in [-0.25, -0.2) is 4.90 Å². The van der Waals surface area contributed by atoms with Crippen LogP contribution in [0.3, 0.4) is 0 Å². The number of nitrogens with zero attached hydrogens (tertiary/aromatic N) is 2. The highest BCUT2D eigenvalue weighted by molar-refractivity contribution is 6.09. The predicted molar refractivity (Wildman–Crippen MR) is 66.0 cm³/mol. The molecule has 0 saturated heterocycles. The third-order valence-electron chi connectivity index (χ3n) is 2.63. The summed E-state index contributed by atoms with van der Waals surface area (Å²) in [5.74, 6) is 1.49. The molecule has 0 N–H and O–H groups in total. The Labute approximate surface area is 117 Å². The number of methoxy groups -OCH3 is 1. The lowest BCUT2D eigenvalue weighted by Crippen LogP contribution is -3.00. The molecule has 5 heteroatoms. The number of aliphatic imine (C=N–C) groups is 1. The van der Waals surface area contributed by atoms with E-state index in [2.05, 4.69) is 4.99 Å². The van der Waals surface area contributed by atoms with Crippen molar-refractivity contribution in [2.75, 3.05) is 14.2 Å². The summed E-state index contributed by atoms with van der Waals surface area (Å²) in [6, 6.07) is 7.15. The van der Waals surface area contributed by atoms with Gasteiger partial charge in [0.15, 0.2) is 12.0 Å². The molecule has 1 aromatic carbocycles. The first-order valence-electron chi connectivity index (χ1n) is 5.34. The number of amidine groups is 1. The predicted octanol–water partition coefficient (Wildman–Crippen LogP) is -1.58. The molecule has 0 bridgehead atoms. The van der Waals surface area contributed by atoms with E-state index in [4.69, 9.17) is 4.74 Å². The summed E-state index contributed by atoms with van der Waals surface area (Å²) in [5, 5.41) is 0. The standard InChI is InChI=1S/C13H14N2O2.BrH/c1-15-7-6-14-13(15)9-12(16)10-4-3-5-11(8-10)17-2;/h3-8H,9H2,1-2H3;1H/q+1;/p-1. The van der Waals surface area contributed by atoms with Crippen molar-refractivity contribution in [3.8, 4) is 5.75 Å². The molecule has 1 aliphatic rings. The van der Waals surface area contributed by atoms with Gasteiger partial charge < -0.3 is 21.7 Å². The maximum atomic E-state index is 12.0. The van der Waals surface area contributed by atoms with Gasteiger partial charge in [0.2, 0.25) is 0 Å². The van der Waals surface area contributed by atoms with Crippen LogP contribution in [0.2, 0.25) is 0 Å². The van der Waals surface area contributed by atoms with E-state index in [1.807, 2.05) is 30.3 Å². The second kappa shape index (κ2) is 6.35. The van der Waals surface area contributed by atoms with Crippen molar-refractivity contribution in [2.45, 2.75) is 6.42 Å². The van der Waals surface area contributed by atoms with E-state index in [-0.39, 0.29) is 22.8 Å². The zero-order valence-corrected chi connectivity index (χ0v) is 11.8. The fraction of sp³-hybridized carbons (Fsp3) is 0.231. The molecule has 0 aliphatic carbocycles. The normalized spacial score (nSPS) is 13.0. The first-order chi connectivity index (χ1) is 8.20. The minimum absolute atomic E-state index is 0. The van der Waals surface area contributed by atoms with Gasteiger partial charge >= 0.3 is 5.84 Å². The molecule has 0 atom stereocenters. The van der Waals surface area contributed by atoms with Crippen LogP contribution in [-0.4, -0.2) is 30.7 Å².